The molecular weight excluding hydrogens is 370 g/mol. The fourth-order valence-corrected chi connectivity index (χ4v) is 3.92. The zero-order valence-corrected chi connectivity index (χ0v) is 16.3. The molecule has 1 amide bonds. The van der Waals surface area contributed by atoms with Crippen LogP contribution < -0.4 is 14.4 Å². The molecule has 152 valence electrons. The average molecular weight is 395 g/mol. The van der Waals surface area contributed by atoms with Crippen molar-refractivity contribution in [1.29, 1.82) is 0 Å². The van der Waals surface area contributed by atoms with Crippen molar-refractivity contribution >= 4 is 17.6 Å². The molecule has 6 heteroatoms. The summed E-state index contributed by atoms with van der Waals surface area (Å²) in [6.07, 6.45) is 4.46. The highest BCUT2D eigenvalue weighted by molar-refractivity contribution is 5.96. The molecule has 0 N–H and O–H groups in total. The van der Waals surface area contributed by atoms with Gasteiger partial charge in [0, 0.05) is 11.7 Å². The van der Waals surface area contributed by atoms with Crippen LogP contribution >= 0.6 is 0 Å². The molecule has 2 aromatic carbocycles. The Balaban J connectivity index is 1.39. The summed E-state index contributed by atoms with van der Waals surface area (Å²) in [6.45, 7) is -0.249. The Bertz CT molecular complexity index is 847. The topological polar surface area (TPSA) is 65.1 Å². The van der Waals surface area contributed by atoms with E-state index < -0.39 is 12.1 Å². The molecule has 1 saturated carbocycles. The third-order valence-electron chi connectivity index (χ3n) is 5.35. The van der Waals surface area contributed by atoms with Crippen molar-refractivity contribution in [3.63, 3.8) is 0 Å². The molecule has 2 aromatic rings. The molecule has 1 atom stereocenters. The smallest absolute Gasteiger partial charge is 0.351 e. The Kier molecular flexibility index (Phi) is 5.98. The quantitative estimate of drug-likeness (QED) is 0.722. The van der Waals surface area contributed by atoms with E-state index in [1.165, 1.54) is 6.42 Å². The molecule has 2 aliphatic rings. The van der Waals surface area contributed by atoms with E-state index in [1.807, 2.05) is 36.4 Å². The van der Waals surface area contributed by atoms with Crippen molar-refractivity contribution in [2.75, 3.05) is 18.1 Å². The minimum Gasteiger partial charge on any atom is -0.485 e. The zero-order chi connectivity index (χ0) is 20.1. The van der Waals surface area contributed by atoms with Crippen LogP contribution in [0.25, 0.3) is 0 Å². The van der Waals surface area contributed by atoms with Crippen LogP contribution in [0.15, 0.2) is 54.6 Å². The standard InChI is InChI=1S/C23H25NO5/c25-22(24(17-9-3-1-4-10-17)18-11-5-2-6-12-18)16-28-23(26)21-15-27-19-13-7-8-14-20(19)29-21/h1,3-4,7-10,13-14,18,21H,2,5-6,11-12,15-16H2/t21-/m1/s1. The van der Waals surface area contributed by atoms with E-state index in [0.29, 0.717) is 11.5 Å². The van der Waals surface area contributed by atoms with Gasteiger partial charge >= 0.3 is 5.97 Å². The van der Waals surface area contributed by atoms with Gasteiger partial charge in [-0.05, 0) is 37.1 Å². The lowest BCUT2D eigenvalue weighted by atomic mass is 9.93. The lowest BCUT2D eigenvalue weighted by Crippen LogP contribution is -2.45. The predicted molar refractivity (Wildman–Crippen MR) is 108 cm³/mol. The van der Waals surface area contributed by atoms with Crippen LogP contribution in [0.3, 0.4) is 0 Å². The molecule has 1 aliphatic heterocycles. The van der Waals surface area contributed by atoms with Gasteiger partial charge in [0.15, 0.2) is 18.1 Å². The Morgan fingerprint density at radius 2 is 1.62 bits per heavy atom. The second kappa shape index (κ2) is 8.99. The first-order valence-electron chi connectivity index (χ1n) is 10.1. The van der Waals surface area contributed by atoms with Gasteiger partial charge in [0.25, 0.3) is 5.91 Å². The van der Waals surface area contributed by atoms with Gasteiger partial charge in [-0.3, -0.25) is 4.79 Å². The van der Waals surface area contributed by atoms with Crippen molar-refractivity contribution < 1.29 is 23.8 Å². The molecule has 0 bridgehead atoms. The number of hydrogen-bond donors (Lipinski definition) is 0. The predicted octanol–water partition coefficient (Wildman–Crippen LogP) is 3.74. The Hall–Kier alpha value is -3.02. The monoisotopic (exact) mass is 395 g/mol. The summed E-state index contributed by atoms with van der Waals surface area (Å²) in [6, 6.07) is 16.9. The van der Waals surface area contributed by atoms with E-state index in [1.54, 1.807) is 23.1 Å². The molecule has 1 aliphatic carbocycles. The highest BCUT2D eigenvalue weighted by Crippen LogP contribution is 2.31. The van der Waals surface area contributed by atoms with Crippen molar-refractivity contribution in [2.45, 2.75) is 44.2 Å². The Morgan fingerprint density at radius 3 is 2.38 bits per heavy atom. The zero-order valence-electron chi connectivity index (χ0n) is 16.3. The summed E-state index contributed by atoms with van der Waals surface area (Å²) in [4.78, 5) is 27.2. The molecule has 0 spiro atoms. The number of nitrogens with zero attached hydrogens (tertiary/aromatic N) is 1. The van der Waals surface area contributed by atoms with Crippen LogP contribution in [0, 0.1) is 0 Å². The molecule has 1 heterocycles. The fourth-order valence-electron chi connectivity index (χ4n) is 3.92. The van der Waals surface area contributed by atoms with Gasteiger partial charge in [-0.25, -0.2) is 4.79 Å². The maximum absolute atomic E-state index is 13.0. The number of esters is 1. The molecule has 0 radical (unpaired) electrons. The third-order valence-corrected chi connectivity index (χ3v) is 5.35. The van der Waals surface area contributed by atoms with E-state index in [2.05, 4.69) is 0 Å². The molecule has 0 unspecified atom stereocenters. The number of ether oxygens (including phenoxy) is 3. The van der Waals surface area contributed by atoms with Gasteiger partial charge in [-0.1, -0.05) is 49.6 Å². The minimum absolute atomic E-state index is 0.0645. The highest BCUT2D eigenvalue weighted by Gasteiger charge is 2.31. The van der Waals surface area contributed by atoms with Gasteiger partial charge in [0.05, 0.1) is 0 Å². The summed E-state index contributed by atoms with van der Waals surface area (Å²) in [5, 5.41) is 0. The summed E-state index contributed by atoms with van der Waals surface area (Å²) >= 11 is 0. The summed E-state index contributed by atoms with van der Waals surface area (Å²) in [5.41, 5.74) is 0.839. The van der Waals surface area contributed by atoms with Crippen LogP contribution in [-0.4, -0.2) is 37.2 Å². The Labute approximate surface area is 170 Å². The first-order chi connectivity index (χ1) is 14.2. The molecule has 0 saturated heterocycles. The van der Waals surface area contributed by atoms with E-state index >= 15 is 0 Å². The van der Waals surface area contributed by atoms with Gasteiger partial charge in [0.2, 0.25) is 6.10 Å². The second-order valence-corrected chi connectivity index (χ2v) is 7.36. The van der Waals surface area contributed by atoms with Crippen LogP contribution in [-0.2, 0) is 14.3 Å². The number of amides is 1. The van der Waals surface area contributed by atoms with Crippen LogP contribution in [0.1, 0.15) is 32.1 Å². The number of rotatable bonds is 5. The van der Waals surface area contributed by atoms with E-state index in [-0.39, 0.29) is 25.2 Å². The summed E-state index contributed by atoms with van der Waals surface area (Å²) in [7, 11) is 0. The van der Waals surface area contributed by atoms with Gasteiger partial charge in [0.1, 0.15) is 6.61 Å². The number of carbonyl (C=O) groups excluding carboxylic acids is 2. The molecular formula is C23H25NO5. The molecule has 29 heavy (non-hydrogen) atoms. The number of benzene rings is 2. The Morgan fingerprint density at radius 1 is 0.931 bits per heavy atom. The highest BCUT2D eigenvalue weighted by atomic mass is 16.6. The van der Waals surface area contributed by atoms with Gasteiger partial charge in [-0.2, -0.15) is 0 Å². The lowest BCUT2D eigenvalue weighted by molar-refractivity contribution is -0.157. The number of para-hydroxylation sites is 3. The van der Waals surface area contributed by atoms with Crippen molar-refractivity contribution in [1.82, 2.24) is 0 Å². The molecule has 6 nitrogen and oxygen atoms in total. The van der Waals surface area contributed by atoms with Crippen molar-refractivity contribution in [2.24, 2.45) is 0 Å². The lowest BCUT2D eigenvalue weighted by Gasteiger charge is -2.34. The van der Waals surface area contributed by atoms with Crippen LogP contribution in [0.4, 0.5) is 5.69 Å². The largest absolute Gasteiger partial charge is 0.485 e. The number of hydrogen-bond acceptors (Lipinski definition) is 5. The van der Waals surface area contributed by atoms with Crippen molar-refractivity contribution in [3.05, 3.63) is 54.6 Å². The van der Waals surface area contributed by atoms with E-state index in [9.17, 15) is 9.59 Å². The van der Waals surface area contributed by atoms with E-state index in [4.69, 9.17) is 14.2 Å². The average Bonchev–Trinajstić information content (AvgIpc) is 2.79. The van der Waals surface area contributed by atoms with Gasteiger partial charge in [-0.15, -0.1) is 0 Å². The maximum Gasteiger partial charge on any atom is 0.351 e. The number of carbonyl (C=O) groups is 2. The normalized spacial score (nSPS) is 18.7. The summed E-state index contributed by atoms with van der Waals surface area (Å²) in [5.74, 6) is 0.290. The van der Waals surface area contributed by atoms with Gasteiger partial charge < -0.3 is 19.1 Å². The minimum atomic E-state index is -0.877. The fraction of sp³-hybridized carbons (Fsp3) is 0.391. The SMILES string of the molecule is O=C(OCC(=O)N(c1ccccc1)C1CCCCC1)[C@H]1COc2ccccc2O1. The second-order valence-electron chi connectivity index (χ2n) is 7.36. The number of fused-ring (bicyclic) bond motifs is 1. The maximum atomic E-state index is 13.0. The molecule has 1 fully saturated rings. The third kappa shape index (κ3) is 4.53. The van der Waals surface area contributed by atoms with E-state index in [0.717, 1.165) is 31.4 Å². The summed E-state index contributed by atoms with van der Waals surface area (Å²) < 4.78 is 16.5. The van der Waals surface area contributed by atoms with Crippen LogP contribution in [0.2, 0.25) is 0 Å². The van der Waals surface area contributed by atoms with Crippen LogP contribution in [0.5, 0.6) is 11.5 Å². The van der Waals surface area contributed by atoms with Crippen molar-refractivity contribution in [3.8, 4) is 11.5 Å². The first kappa shape index (κ1) is 19.3. The molecule has 4 rings (SSSR count). The number of anilines is 1. The molecule has 0 aromatic heterocycles. The first-order valence-corrected chi connectivity index (χ1v) is 10.1.